The third-order valence-electron chi connectivity index (χ3n) is 5.83. The minimum Gasteiger partial charge on any atom is -0.264 e. The molecule has 166 valence electrons. The van der Waals surface area contributed by atoms with Crippen LogP contribution in [0.25, 0.3) is 22.5 Å². The molecular formula is C24H30N8. The molecule has 3 aromatic heterocycles. The van der Waals surface area contributed by atoms with E-state index in [1.54, 1.807) is 12.4 Å². The van der Waals surface area contributed by atoms with Crippen LogP contribution in [0.15, 0.2) is 42.7 Å². The highest BCUT2D eigenvalue weighted by Crippen LogP contribution is 2.29. The fourth-order valence-corrected chi connectivity index (χ4v) is 3.69. The number of aromatic nitrogens is 8. The second-order valence-electron chi connectivity index (χ2n) is 8.16. The minimum atomic E-state index is 0.374. The van der Waals surface area contributed by atoms with Gasteiger partial charge in [-0.1, -0.05) is 57.9 Å². The molecule has 1 N–H and O–H groups in total. The molecule has 3 heterocycles. The maximum absolute atomic E-state index is 4.88. The maximum atomic E-state index is 4.88. The van der Waals surface area contributed by atoms with E-state index in [1.807, 2.05) is 6.07 Å². The molecule has 4 aromatic rings. The molecule has 0 bridgehead atoms. The Labute approximate surface area is 188 Å². The lowest BCUT2D eigenvalue weighted by Crippen LogP contribution is -2.07. The first-order chi connectivity index (χ1) is 15.7. The molecule has 0 aliphatic heterocycles. The van der Waals surface area contributed by atoms with Crippen molar-refractivity contribution in [3.05, 3.63) is 59.9 Å². The van der Waals surface area contributed by atoms with Crippen LogP contribution in [-0.2, 0) is 13.0 Å². The second kappa shape index (κ2) is 10.3. The number of unbranched alkanes of at least 4 members (excludes halogenated alkanes) is 2. The summed E-state index contributed by atoms with van der Waals surface area (Å²) in [4.78, 5) is 9.10. The molecular weight excluding hydrogens is 400 g/mol. The first kappa shape index (κ1) is 21.8. The highest BCUT2D eigenvalue weighted by Gasteiger charge is 2.15. The molecule has 1 unspecified atom stereocenters. The molecule has 0 saturated heterocycles. The van der Waals surface area contributed by atoms with Crippen LogP contribution in [0, 0.1) is 0 Å². The van der Waals surface area contributed by atoms with Crippen LogP contribution in [0.4, 0.5) is 0 Å². The standard InChI is InChI=1S/C24H30N8/c1-4-6-7-8-22-26-23(17(3)5-2)29-32(22)16-18-9-11-19(12-10-18)20-13-14-25-15-21(20)24-27-30-31-28-24/h9-15,17H,4-8,16H2,1-3H3,(H,27,28,30,31). The molecule has 0 aliphatic rings. The highest BCUT2D eigenvalue weighted by atomic mass is 15.5. The van der Waals surface area contributed by atoms with Crippen molar-refractivity contribution in [2.75, 3.05) is 0 Å². The normalized spacial score (nSPS) is 12.2. The van der Waals surface area contributed by atoms with E-state index in [1.165, 1.54) is 18.4 Å². The van der Waals surface area contributed by atoms with Crippen molar-refractivity contribution in [1.29, 1.82) is 0 Å². The van der Waals surface area contributed by atoms with Crippen molar-refractivity contribution < 1.29 is 0 Å². The summed E-state index contributed by atoms with van der Waals surface area (Å²) in [6.45, 7) is 7.33. The third-order valence-corrected chi connectivity index (χ3v) is 5.83. The van der Waals surface area contributed by atoms with Gasteiger partial charge in [0.05, 0.1) is 6.54 Å². The summed E-state index contributed by atoms with van der Waals surface area (Å²) in [5.41, 5.74) is 4.15. The first-order valence-corrected chi connectivity index (χ1v) is 11.4. The Bertz CT molecular complexity index is 1120. The van der Waals surface area contributed by atoms with Gasteiger partial charge in [0.15, 0.2) is 5.82 Å². The number of pyridine rings is 1. The number of aromatic amines is 1. The van der Waals surface area contributed by atoms with Gasteiger partial charge < -0.3 is 0 Å². The summed E-state index contributed by atoms with van der Waals surface area (Å²) in [5.74, 6) is 2.95. The van der Waals surface area contributed by atoms with E-state index < -0.39 is 0 Å². The highest BCUT2D eigenvalue weighted by molar-refractivity contribution is 5.79. The Morgan fingerprint density at radius 2 is 1.88 bits per heavy atom. The number of hydrogen-bond acceptors (Lipinski definition) is 6. The summed E-state index contributed by atoms with van der Waals surface area (Å²) in [7, 11) is 0. The molecule has 1 atom stereocenters. The van der Waals surface area contributed by atoms with E-state index in [4.69, 9.17) is 10.1 Å². The predicted molar refractivity (Wildman–Crippen MR) is 124 cm³/mol. The van der Waals surface area contributed by atoms with Gasteiger partial charge in [0.2, 0.25) is 5.82 Å². The summed E-state index contributed by atoms with van der Waals surface area (Å²) in [6, 6.07) is 10.5. The number of nitrogens with one attached hydrogen (secondary N) is 1. The molecule has 8 nitrogen and oxygen atoms in total. The van der Waals surface area contributed by atoms with E-state index >= 15 is 0 Å². The quantitative estimate of drug-likeness (QED) is 0.362. The summed E-state index contributed by atoms with van der Waals surface area (Å²) in [5, 5.41) is 19.2. The molecule has 32 heavy (non-hydrogen) atoms. The number of rotatable bonds is 10. The smallest absolute Gasteiger partial charge is 0.206 e. The third kappa shape index (κ3) is 4.90. The summed E-state index contributed by atoms with van der Waals surface area (Å²) >= 11 is 0. The van der Waals surface area contributed by atoms with E-state index in [2.05, 4.69) is 75.3 Å². The summed E-state index contributed by atoms with van der Waals surface area (Å²) < 4.78 is 2.09. The Morgan fingerprint density at radius 3 is 2.59 bits per heavy atom. The monoisotopic (exact) mass is 430 g/mol. The van der Waals surface area contributed by atoms with Gasteiger partial charge in [-0.15, -0.1) is 10.2 Å². The maximum Gasteiger partial charge on any atom is 0.206 e. The molecule has 0 aliphatic carbocycles. The zero-order valence-electron chi connectivity index (χ0n) is 19.0. The SMILES string of the molecule is CCCCCc1nc(C(C)CC)nn1Cc1ccc(-c2ccncc2-c2nn[nH]n2)cc1. The minimum absolute atomic E-state index is 0.374. The molecule has 0 fully saturated rings. The van der Waals surface area contributed by atoms with Crippen molar-refractivity contribution in [2.24, 2.45) is 0 Å². The Hall–Kier alpha value is -3.42. The van der Waals surface area contributed by atoms with Gasteiger partial charge in [-0.2, -0.15) is 10.3 Å². The van der Waals surface area contributed by atoms with Gasteiger partial charge in [-0.05, 0) is 40.8 Å². The van der Waals surface area contributed by atoms with Crippen LogP contribution in [0.5, 0.6) is 0 Å². The number of hydrogen-bond donors (Lipinski definition) is 1. The second-order valence-corrected chi connectivity index (χ2v) is 8.16. The predicted octanol–water partition coefficient (Wildman–Crippen LogP) is 4.81. The molecule has 0 saturated carbocycles. The van der Waals surface area contributed by atoms with Gasteiger partial charge >= 0.3 is 0 Å². The topological polar surface area (TPSA) is 98.1 Å². The van der Waals surface area contributed by atoms with Crippen molar-refractivity contribution >= 4 is 0 Å². The zero-order valence-corrected chi connectivity index (χ0v) is 19.0. The molecule has 0 spiro atoms. The number of benzene rings is 1. The fraction of sp³-hybridized carbons (Fsp3) is 0.417. The molecule has 8 heteroatoms. The lowest BCUT2D eigenvalue weighted by Gasteiger charge is -2.09. The first-order valence-electron chi connectivity index (χ1n) is 11.4. The average molecular weight is 431 g/mol. The number of H-pyrrole nitrogens is 1. The van der Waals surface area contributed by atoms with Crippen LogP contribution < -0.4 is 0 Å². The van der Waals surface area contributed by atoms with Crippen molar-refractivity contribution in [2.45, 2.75) is 65.3 Å². The van der Waals surface area contributed by atoms with Crippen molar-refractivity contribution in [1.82, 2.24) is 40.4 Å². The largest absolute Gasteiger partial charge is 0.264 e. The summed E-state index contributed by atoms with van der Waals surface area (Å²) in [6.07, 6.45) is 9.13. The Morgan fingerprint density at radius 1 is 1.03 bits per heavy atom. The van der Waals surface area contributed by atoms with Gasteiger partial charge in [0, 0.05) is 30.3 Å². The van der Waals surface area contributed by atoms with Gasteiger partial charge in [0.25, 0.3) is 0 Å². The van der Waals surface area contributed by atoms with Gasteiger partial charge in [0.1, 0.15) is 5.82 Å². The molecule has 4 rings (SSSR count). The molecule has 0 radical (unpaired) electrons. The van der Waals surface area contributed by atoms with Crippen molar-refractivity contribution in [3.8, 4) is 22.5 Å². The van der Waals surface area contributed by atoms with Crippen LogP contribution in [0.1, 0.15) is 69.6 Å². The van der Waals surface area contributed by atoms with Crippen LogP contribution in [0.2, 0.25) is 0 Å². The number of aryl methyl sites for hydroxylation is 1. The zero-order chi connectivity index (χ0) is 22.3. The van der Waals surface area contributed by atoms with E-state index in [9.17, 15) is 0 Å². The Balaban J connectivity index is 1.57. The van der Waals surface area contributed by atoms with Crippen LogP contribution >= 0.6 is 0 Å². The lowest BCUT2D eigenvalue weighted by atomic mass is 10.00. The fourth-order valence-electron chi connectivity index (χ4n) is 3.69. The molecule has 0 amide bonds. The number of nitrogens with zero attached hydrogens (tertiary/aromatic N) is 7. The van der Waals surface area contributed by atoms with Gasteiger partial charge in [-0.25, -0.2) is 9.67 Å². The van der Waals surface area contributed by atoms with E-state index in [0.717, 1.165) is 54.1 Å². The van der Waals surface area contributed by atoms with Crippen LogP contribution in [-0.4, -0.2) is 40.4 Å². The lowest BCUT2D eigenvalue weighted by molar-refractivity contribution is 0.596. The van der Waals surface area contributed by atoms with Crippen molar-refractivity contribution in [3.63, 3.8) is 0 Å². The van der Waals surface area contributed by atoms with E-state index in [-0.39, 0.29) is 0 Å². The van der Waals surface area contributed by atoms with Gasteiger partial charge in [-0.3, -0.25) is 4.98 Å². The van der Waals surface area contributed by atoms with E-state index in [0.29, 0.717) is 11.7 Å². The van der Waals surface area contributed by atoms with Crippen LogP contribution in [0.3, 0.4) is 0 Å². The number of tetrazole rings is 1. The molecule has 1 aromatic carbocycles. The average Bonchev–Trinajstić information content (AvgIpc) is 3.50. The Kier molecular flexibility index (Phi) is 6.99.